The molecule has 10 heteroatoms. The summed E-state index contributed by atoms with van der Waals surface area (Å²) in [5, 5.41) is 14.1. The number of amides is 1. The molecule has 130 valence electrons. The zero-order chi connectivity index (χ0) is 18.0. The first kappa shape index (κ1) is 16.8. The standard InChI is InChI=1S/C15H15N5O4S/c1-20-12(7-8-16-20)14-18-19-15(24-14)17-13(21)9-10-3-5-11(6-4-10)25(2,22)23/h3-8H,9H2,1-2H3,(H,17,19,21). The fourth-order valence-electron chi connectivity index (χ4n) is 2.16. The number of nitrogens with one attached hydrogen (secondary N) is 1. The summed E-state index contributed by atoms with van der Waals surface area (Å²) in [5.41, 5.74) is 1.29. The fourth-order valence-corrected chi connectivity index (χ4v) is 2.79. The van der Waals surface area contributed by atoms with E-state index in [2.05, 4.69) is 20.6 Å². The van der Waals surface area contributed by atoms with Gasteiger partial charge in [0, 0.05) is 19.5 Å². The highest BCUT2D eigenvalue weighted by Gasteiger charge is 2.14. The molecule has 1 amide bonds. The van der Waals surface area contributed by atoms with E-state index in [9.17, 15) is 13.2 Å². The van der Waals surface area contributed by atoms with Crippen molar-refractivity contribution in [3.63, 3.8) is 0 Å². The number of rotatable bonds is 5. The van der Waals surface area contributed by atoms with Crippen LogP contribution in [0.3, 0.4) is 0 Å². The van der Waals surface area contributed by atoms with Crippen molar-refractivity contribution in [1.29, 1.82) is 0 Å². The molecule has 9 nitrogen and oxygen atoms in total. The molecule has 1 aromatic carbocycles. The molecule has 0 radical (unpaired) electrons. The highest BCUT2D eigenvalue weighted by atomic mass is 32.2. The molecule has 2 aromatic heterocycles. The Labute approximate surface area is 143 Å². The molecule has 3 rings (SSSR count). The number of aryl methyl sites for hydroxylation is 1. The van der Waals surface area contributed by atoms with Crippen molar-refractivity contribution in [2.24, 2.45) is 7.05 Å². The fraction of sp³-hybridized carbons (Fsp3) is 0.200. The summed E-state index contributed by atoms with van der Waals surface area (Å²) in [6, 6.07) is 7.79. The van der Waals surface area contributed by atoms with Crippen LogP contribution in [0.4, 0.5) is 6.01 Å². The van der Waals surface area contributed by atoms with Crippen molar-refractivity contribution in [3.05, 3.63) is 42.1 Å². The number of carbonyl (C=O) groups is 1. The van der Waals surface area contributed by atoms with Crippen molar-refractivity contribution < 1.29 is 17.6 Å². The minimum Gasteiger partial charge on any atom is -0.401 e. The molecule has 0 aliphatic heterocycles. The average Bonchev–Trinajstić information content (AvgIpc) is 3.15. The number of benzene rings is 1. The van der Waals surface area contributed by atoms with Crippen LogP contribution in [0.5, 0.6) is 0 Å². The van der Waals surface area contributed by atoms with Crippen LogP contribution in [0.1, 0.15) is 5.56 Å². The molecule has 0 aliphatic rings. The van der Waals surface area contributed by atoms with Gasteiger partial charge in [0.2, 0.25) is 5.91 Å². The summed E-state index contributed by atoms with van der Waals surface area (Å²) in [4.78, 5) is 12.3. The van der Waals surface area contributed by atoms with E-state index < -0.39 is 9.84 Å². The van der Waals surface area contributed by atoms with Gasteiger partial charge in [-0.2, -0.15) is 5.10 Å². The van der Waals surface area contributed by atoms with Crippen molar-refractivity contribution in [2.45, 2.75) is 11.3 Å². The Morgan fingerprint density at radius 3 is 2.52 bits per heavy atom. The van der Waals surface area contributed by atoms with E-state index in [-0.39, 0.29) is 29.1 Å². The van der Waals surface area contributed by atoms with Crippen molar-refractivity contribution in [1.82, 2.24) is 20.0 Å². The summed E-state index contributed by atoms with van der Waals surface area (Å²) in [7, 11) is -1.53. The molecule has 0 saturated carbocycles. The Hall–Kier alpha value is -3.01. The maximum absolute atomic E-state index is 12.1. The second-order valence-corrected chi connectivity index (χ2v) is 7.41. The van der Waals surface area contributed by atoms with E-state index in [0.29, 0.717) is 11.3 Å². The van der Waals surface area contributed by atoms with Crippen LogP contribution in [0.2, 0.25) is 0 Å². The van der Waals surface area contributed by atoms with Crippen LogP contribution in [0.15, 0.2) is 45.8 Å². The van der Waals surface area contributed by atoms with Gasteiger partial charge in [0.15, 0.2) is 9.84 Å². The summed E-state index contributed by atoms with van der Waals surface area (Å²) in [6.45, 7) is 0. The monoisotopic (exact) mass is 361 g/mol. The maximum Gasteiger partial charge on any atom is 0.322 e. The number of hydrogen-bond acceptors (Lipinski definition) is 7. The number of aromatic nitrogens is 4. The van der Waals surface area contributed by atoms with Gasteiger partial charge < -0.3 is 4.42 Å². The van der Waals surface area contributed by atoms with E-state index in [4.69, 9.17) is 4.42 Å². The van der Waals surface area contributed by atoms with Crippen LogP contribution < -0.4 is 5.32 Å². The Bertz CT molecular complexity index is 1000. The number of nitrogens with zero attached hydrogens (tertiary/aromatic N) is 4. The SMILES string of the molecule is Cn1nccc1-c1nnc(NC(=O)Cc2ccc(S(C)(=O)=O)cc2)o1. The maximum atomic E-state index is 12.1. The highest BCUT2D eigenvalue weighted by Crippen LogP contribution is 2.18. The van der Waals surface area contributed by atoms with Gasteiger partial charge in [-0.25, -0.2) is 8.42 Å². The van der Waals surface area contributed by atoms with Gasteiger partial charge in [0.05, 0.1) is 11.3 Å². The molecule has 0 bridgehead atoms. The first-order valence-electron chi connectivity index (χ1n) is 7.23. The minimum atomic E-state index is -3.26. The second-order valence-electron chi connectivity index (χ2n) is 5.39. The molecule has 0 fully saturated rings. The number of hydrogen-bond donors (Lipinski definition) is 1. The summed E-state index contributed by atoms with van der Waals surface area (Å²) < 4.78 is 29.8. The van der Waals surface area contributed by atoms with Gasteiger partial charge in [0.25, 0.3) is 5.89 Å². The van der Waals surface area contributed by atoms with Gasteiger partial charge in [0.1, 0.15) is 5.69 Å². The lowest BCUT2D eigenvalue weighted by molar-refractivity contribution is -0.115. The average molecular weight is 361 g/mol. The predicted molar refractivity (Wildman–Crippen MR) is 88.4 cm³/mol. The first-order chi connectivity index (χ1) is 11.8. The normalized spacial score (nSPS) is 11.4. The number of sulfone groups is 1. The molecule has 25 heavy (non-hydrogen) atoms. The van der Waals surface area contributed by atoms with Crippen molar-refractivity contribution in [3.8, 4) is 11.6 Å². The lowest BCUT2D eigenvalue weighted by atomic mass is 10.1. The highest BCUT2D eigenvalue weighted by molar-refractivity contribution is 7.90. The van der Waals surface area contributed by atoms with Gasteiger partial charge in [-0.05, 0) is 23.8 Å². The third-order valence-corrected chi connectivity index (χ3v) is 4.56. The topological polar surface area (TPSA) is 120 Å². The molecule has 1 N–H and O–H groups in total. The quantitative estimate of drug-likeness (QED) is 0.721. The lowest BCUT2D eigenvalue weighted by Crippen LogP contribution is -2.14. The molecule has 0 aliphatic carbocycles. The molecule has 0 unspecified atom stereocenters. The minimum absolute atomic E-state index is 0.0195. The van der Waals surface area contributed by atoms with E-state index in [0.717, 1.165) is 6.26 Å². The van der Waals surface area contributed by atoms with Crippen LogP contribution in [-0.4, -0.2) is 40.6 Å². The Morgan fingerprint density at radius 1 is 1.20 bits per heavy atom. The van der Waals surface area contributed by atoms with Crippen LogP contribution in [-0.2, 0) is 28.1 Å². The van der Waals surface area contributed by atoms with Crippen molar-refractivity contribution >= 4 is 21.8 Å². The zero-order valence-electron chi connectivity index (χ0n) is 13.5. The van der Waals surface area contributed by atoms with Crippen LogP contribution in [0, 0.1) is 0 Å². The smallest absolute Gasteiger partial charge is 0.322 e. The van der Waals surface area contributed by atoms with Gasteiger partial charge in [-0.3, -0.25) is 14.8 Å². The Kier molecular flexibility index (Phi) is 4.36. The summed E-state index contributed by atoms with van der Waals surface area (Å²) in [5.74, 6) is -0.111. The molecular weight excluding hydrogens is 346 g/mol. The van der Waals surface area contributed by atoms with E-state index in [1.54, 1.807) is 36.1 Å². The summed E-state index contributed by atoms with van der Waals surface area (Å²) >= 11 is 0. The van der Waals surface area contributed by atoms with Crippen molar-refractivity contribution in [2.75, 3.05) is 11.6 Å². The third-order valence-electron chi connectivity index (χ3n) is 3.43. The Balaban J connectivity index is 1.65. The van der Waals surface area contributed by atoms with E-state index in [1.807, 2.05) is 0 Å². The summed E-state index contributed by atoms with van der Waals surface area (Å²) in [6.07, 6.45) is 2.77. The number of anilines is 1. The third kappa shape index (κ3) is 3.91. The van der Waals surface area contributed by atoms with Crippen LogP contribution >= 0.6 is 0 Å². The first-order valence-corrected chi connectivity index (χ1v) is 9.13. The molecule has 3 aromatic rings. The molecule has 0 atom stereocenters. The largest absolute Gasteiger partial charge is 0.401 e. The van der Waals surface area contributed by atoms with Gasteiger partial charge in [-0.1, -0.05) is 17.2 Å². The zero-order valence-corrected chi connectivity index (χ0v) is 14.3. The number of carbonyl (C=O) groups excluding carboxylic acids is 1. The molecule has 0 spiro atoms. The van der Waals surface area contributed by atoms with Gasteiger partial charge >= 0.3 is 6.01 Å². The van der Waals surface area contributed by atoms with Gasteiger partial charge in [-0.15, -0.1) is 5.10 Å². The predicted octanol–water partition coefficient (Wildman–Crippen LogP) is 1.05. The van der Waals surface area contributed by atoms with E-state index >= 15 is 0 Å². The molecule has 2 heterocycles. The lowest BCUT2D eigenvalue weighted by Gasteiger charge is -2.03. The molecular formula is C15H15N5O4S. The Morgan fingerprint density at radius 2 is 1.92 bits per heavy atom. The van der Waals surface area contributed by atoms with Crippen LogP contribution in [0.25, 0.3) is 11.6 Å². The molecule has 0 saturated heterocycles. The second kappa shape index (κ2) is 6.48. The van der Waals surface area contributed by atoms with E-state index in [1.165, 1.54) is 12.1 Å².